The lowest BCUT2D eigenvalue weighted by Gasteiger charge is -2.43. The predicted molar refractivity (Wildman–Crippen MR) is 89.6 cm³/mol. The Labute approximate surface area is 138 Å². The Morgan fingerprint density at radius 1 is 1.35 bits per heavy atom. The first-order valence-corrected chi connectivity index (χ1v) is 8.54. The Morgan fingerprint density at radius 3 is 2.61 bits per heavy atom. The highest BCUT2D eigenvalue weighted by molar-refractivity contribution is 5.85. The van der Waals surface area contributed by atoms with Crippen LogP contribution in [-0.2, 0) is 4.79 Å². The molecule has 0 aromatic heterocycles. The lowest BCUT2D eigenvalue weighted by Crippen LogP contribution is -2.56. The second-order valence-corrected chi connectivity index (χ2v) is 7.25. The predicted octanol–water partition coefficient (Wildman–Crippen LogP) is 3.64. The van der Waals surface area contributed by atoms with E-state index in [4.69, 9.17) is 0 Å². The molecule has 4 heteroatoms. The first-order chi connectivity index (χ1) is 10.8. The molecule has 1 aliphatic rings. The topological polar surface area (TPSA) is 49.3 Å². The quantitative estimate of drug-likeness (QED) is 0.870. The maximum Gasteiger partial charge on any atom is 0.252 e. The second-order valence-electron chi connectivity index (χ2n) is 7.25. The number of rotatable bonds is 5. The number of carbonyl (C=O) groups is 1. The van der Waals surface area contributed by atoms with Crippen LogP contribution in [0.2, 0.25) is 0 Å². The highest BCUT2D eigenvalue weighted by Crippen LogP contribution is 2.41. The van der Waals surface area contributed by atoms with Gasteiger partial charge in [-0.2, -0.15) is 0 Å². The van der Waals surface area contributed by atoms with Gasteiger partial charge in [0.15, 0.2) is 0 Å². The SMILES string of the molecule is CC(C)[C@@H]1CC[C@@H](C)C[C@@]1(O)C(=O)NCC(F)c1ccccc1. The molecule has 0 saturated heterocycles. The molecule has 0 heterocycles. The van der Waals surface area contributed by atoms with Crippen LogP contribution in [0.5, 0.6) is 0 Å². The van der Waals surface area contributed by atoms with Crippen molar-refractivity contribution in [2.24, 2.45) is 17.8 Å². The van der Waals surface area contributed by atoms with Crippen LogP contribution in [0, 0.1) is 17.8 Å². The third-order valence-electron chi connectivity index (χ3n) is 5.04. The number of hydrogen-bond acceptors (Lipinski definition) is 2. The third-order valence-corrected chi connectivity index (χ3v) is 5.04. The maximum absolute atomic E-state index is 14.2. The fraction of sp³-hybridized carbons (Fsp3) is 0.632. The van der Waals surface area contributed by atoms with Gasteiger partial charge < -0.3 is 10.4 Å². The smallest absolute Gasteiger partial charge is 0.252 e. The van der Waals surface area contributed by atoms with Crippen LogP contribution in [0.4, 0.5) is 4.39 Å². The summed E-state index contributed by atoms with van der Waals surface area (Å²) in [5.41, 5.74) is -0.848. The first kappa shape index (κ1) is 17.9. The Hall–Kier alpha value is -1.42. The molecule has 2 rings (SSSR count). The zero-order valence-electron chi connectivity index (χ0n) is 14.3. The zero-order valence-corrected chi connectivity index (χ0v) is 14.3. The molecule has 1 aromatic rings. The minimum Gasteiger partial charge on any atom is -0.380 e. The number of alkyl halides is 1. The van der Waals surface area contributed by atoms with Gasteiger partial charge in [-0.1, -0.05) is 57.5 Å². The molecule has 128 valence electrons. The summed E-state index contributed by atoms with van der Waals surface area (Å²) in [5.74, 6) is 0.0133. The molecule has 2 N–H and O–H groups in total. The van der Waals surface area contributed by atoms with Gasteiger partial charge in [0, 0.05) is 0 Å². The van der Waals surface area contributed by atoms with Crippen molar-refractivity contribution in [2.75, 3.05) is 6.54 Å². The summed E-state index contributed by atoms with van der Waals surface area (Å²) in [7, 11) is 0. The molecule has 0 aliphatic heterocycles. The van der Waals surface area contributed by atoms with Gasteiger partial charge in [0.1, 0.15) is 11.8 Å². The monoisotopic (exact) mass is 321 g/mol. The van der Waals surface area contributed by atoms with E-state index in [1.54, 1.807) is 24.3 Å². The van der Waals surface area contributed by atoms with Crippen molar-refractivity contribution < 1.29 is 14.3 Å². The van der Waals surface area contributed by atoms with Crippen LogP contribution in [0.15, 0.2) is 30.3 Å². The third kappa shape index (κ3) is 4.11. The highest BCUT2D eigenvalue weighted by atomic mass is 19.1. The molecule has 0 radical (unpaired) electrons. The van der Waals surface area contributed by atoms with Crippen LogP contribution in [0.25, 0.3) is 0 Å². The Morgan fingerprint density at radius 2 is 2.00 bits per heavy atom. The van der Waals surface area contributed by atoms with Crippen molar-refractivity contribution in [2.45, 2.75) is 51.8 Å². The molecule has 1 saturated carbocycles. The molecule has 3 nitrogen and oxygen atoms in total. The number of hydrogen-bond donors (Lipinski definition) is 2. The molecule has 1 aromatic carbocycles. The van der Waals surface area contributed by atoms with Crippen LogP contribution in [-0.4, -0.2) is 23.2 Å². The van der Waals surface area contributed by atoms with E-state index in [0.29, 0.717) is 17.9 Å². The van der Waals surface area contributed by atoms with Gasteiger partial charge in [-0.3, -0.25) is 4.79 Å². The van der Waals surface area contributed by atoms with Gasteiger partial charge in [-0.25, -0.2) is 4.39 Å². The average molecular weight is 321 g/mol. The largest absolute Gasteiger partial charge is 0.380 e. The van der Waals surface area contributed by atoms with Crippen LogP contribution in [0.1, 0.15) is 51.8 Å². The van der Waals surface area contributed by atoms with E-state index in [9.17, 15) is 14.3 Å². The van der Waals surface area contributed by atoms with Crippen molar-refractivity contribution in [3.8, 4) is 0 Å². The van der Waals surface area contributed by atoms with Crippen LogP contribution in [0.3, 0.4) is 0 Å². The number of aliphatic hydroxyl groups is 1. The van der Waals surface area contributed by atoms with E-state index in [1.165, 1.54) is 0 Å². The normalized spacial score (nSPS) is 29.3. The fourth-order valence-electron chi connectivity index (χ4n) is 3.75. The zero-order chi connectivity index (χ0) is 17.0. The van der Waals surface area contributed by atoms with E-state index >= 15 is 0 Å². The number of amides is 1. The van der Waals surface area contributed by atoms with Gasteiger partial charge in [-0.05, 0) is 36.2 Å². The van der Waals surface area contributed by atoms with Gasteiger partial charge >= 0.3 is 0 Å². The second kappa shape index (κ2) is 7.43. The van der Waals surface area contributed by atoms with Gasteiger partial charge in [-0.15, -0.1) is 0 Å². The summed E-state index contributed by atoms with van der Waals surface area (Å²) in [6.07, 6.45) is 1.04. The van der Waals surface area contributed by atoms with Crippen molar-refractivity contribution in [3.63, 3.8) is 0 Å². The summed E-state index contributed by atoms with van der Waals surface area (Å²) < 4.78 is 14.2. The van der Waals surface area contributed by atoms with Crippen molar-refractivity contribution in [1.29, 1.82) is 0 Å². The van der Waals surface area contributed by atoms with Crippen molar-refractivity contribution >= 4 is 5.91 Å². The fourth-order valence-corrected chi connectivity index (χ4v) is 3.75. The summed E-state index contributed by atoms with van der Waals surface area (Å²) in [6.45, 7) is 6.00. The maximum atomic E-state index is 14.2. The Bertz CT molecular complexity index is 519. The van der Waals surface area contributed by atoms with Crippen LogP contribution < -0.4 is 5.32 Å². The minimum atomic E-state index is -1.39. The minimum absolute atomic E-state index is 0.0755. The highest BCUT2D eigenvalue weighted by Gasteiger charge is 2.48. The molecular formula is C19H28FNO2. The van der Waals surface area contributed by atoms with Gasteiger partial charge in [0.25, 0.3) is 5.91 Å². The van der Waals surface area contributed by atoms with Gasteiger partial charge in [0.05, 0.1) is 6.54 Å². The first-order valence-electron chi connectivity index (χ1n) is 8.54. The van der Waals surface area contributed by atoms with E-state index in [0.717, 1.165) is 12.8 Å². The molecule has 1 aliphatic carbocycles. The molecule has 4 atom stereocenters. The Kier molecular flexibility index (Phi) is 5.79. The summed E-state index contributed by atoms with van der Waals surface area (Å²) in [5, 5.41) is 13.6. The summed E-state index contributed by atoms with van der Waals surface area (Å²) >= 11 is 0. The molecule has 1 fully saturated rings. The number of halogens is 1. The molecule has 1 unspecified atom stereocenters. The number of benzene rings is 1. The molecule has 1 amide bonds. The van der Waals surface area contributed by atoms with Crippen molar-refractivity contribution in [1.82, 2.24) is 5.32 Å². The number of carbonyl (C=O) groups excluding carboxylic acids is 1. The lowest BCUT2D eigenvalue weighted by atomic mass is 9.66. The molecule has 0 bridgehead atoms. The lowest BCUT2D eigenvalue weighted by molar-refractivity contribution is -0.156. The van der Waals surface area contributed by atoms with Crippen LogP contribution >= 0.6 is 0 Å². The van der Waals surface area contributed by atoms with E-state index in [1.807, 2.05) is 19.9 Å². The molecule has 23 heavy (non-hydrogen) atoms. The molecule has 0 spiro atoms. The molecular weight excluding hydrogens is 293 g/mol. The summed E-state index contributed by atoms with van der Waals surface area (Å²) in [6, 6.07) is 8.77. The average Bonchev–Trinajstić information content (AvgIpc) is 2.52. The van der Waals surface area contributed by atoms with E-state index in [2.05, 4.69) is 12.2 Å². The standard InChI is InChI=1S/C19H28FNO2/c1-13(2)16-10-9-14(3)11-19(16,23)18(22)21-12-17(20)15-7-5-4-6-8-15/h4-8,13-14,16-17,23H,9-12H2,1-3H3,(H,21,22)/t14-,16+,17?,19+/m1/s1. The Balaban J connectivity index is 2.02. The van der Waals surface area contributed by atoms with E-state index < -0.39 is 17.7 Å². The van der Waals surface area contributed by atoms with Gasteiger partial charge in [0.2, 0.25) is 0 Å². The summed E-state index contributed by atoms with van der Waals surface area (Å²) in [4.78, 5) is 12.6. The van der Waals surface area contributed by atoms with E-state index in [-0.39, 0.29) is 18.4 Å². The number of nitrogens with one attached hydrogen (secondary N) is 1. The van der Waals surface area contributed by atoms with Crippen molar-refractivity contribution in [3.05, 3.63) is 35.9 Å².